The summed E-state index contributed by atoms with van der Waals surface area (Å²) in [5.41, 5.74) is -3.43. The summed E-state index contributed by atoms with van der Waals surface area (Å²) in [6.45, 7) is -0.174. The molecular formula is C18H18F6O5. The fourth-order valence-corrected chi connectivity index (χ4v) is 2.97. The number of halogens is 6. The van der Waals surface area contributed by atoms with Crippen LogP contribution in [0.1, 0.15) is 26.3 Å². The normalized spacial score (nSPS) is 22.0. The highest BCUT2D eigenvalue weighted by atomic mass is 19.4. The van der Waals surface area contributed by atoms with Crippen LogP contribution in [0.15, 0.2) is 17.9 Å². The van der Waals surface area contributed by atoms with Gasteiger partial charge in [0.2, 0.25) is 17.2 Å². The number of benzene rings is 1. The third kappa shape index (κ3) is 3.95. The zero-order chi connectivity index (χ0) is 22.1. The molecule has 1 aliphatic heterocycles. The molecule has 2 rings (SSSR count). The van der Waals surface area contributed by atoms with Gasteiger partial charge in [0.25, 0.3) is 0 Å². The van der Waals surface area contributed by atoms with Crippen LogP contribution in [0.3, 0.4) is 0 Å². The molecule has 0 aromatic heterocycles. The second-order valence-corrected chi connectivity index (χ2v) is 6.23. The van der Waals surface area contributed by atoms with Gasteiger partial charge in [-0.25, -0.2) is 4.79 Å². The van der Waals surface area contributed by atoms with E-state index in [0.717, 1.165) is 33.1 Å². The zero-order valence-electron chi connectivity index (χ0n) is 15.8. The van der Waals surface area contributed by atoms with E-state index in [2.05, 4.69) is 4.74 Å². The van der Waals surface area contributed by atoms with Crippen molar-refractivity contribution in [3.8, 4) is 11.5 Å². The van der Waals surface area contributed by atoms with Crippen molar-refractivity contribution < 1.29 is 50.1 Å². The highest BCUT2D eigenvalue weighted by Gasteiger charge is 2.63. The van der Waals surface area contributed by atoms with Gasteiger partial charge in [0.15, 0.2) is 11.5 Å². The van der Waals surface area contributed by atoms with Gasteiger partial charge >= 0.3 is 18.8 Å². The Hall–Kier alpha value is -2.59. The Bertz CT molecular complexity index is 820. The molecule has 5 nitrogen and oxygen atoms in total. The predicted octanol–water partition coefficient (Wildman–Crippen LogP) is 4.70. The molecule has 0 N–H and O–H groups in total. The van der Waals surface area contributed by atoms with Gasteiger partial charge in [0.05, 0.1) is 13.7 Å². The SMILES string of the molecule is CCOC(=O)C1=C(c2ccc(OC(F)F)c(F)c2OC)C(C)C(C)(C(F)(F)F)O1. The molecule has 0 radical (unpaired) electrons. The van der Waals surface area contributed by atoms with Crippen molar-refractivity contribution in [3.05, 3.63) is 29.3 Å². The molecule has 162 valence electrons. The van der Waals surface area contributed by atoms with Crippen LogP contribution >= 0.6 is 0 Å². The van der Waals surface area contributed by atoms with E-state index in [9.17, 15) is 31.1 Å². The summed E-state index contributed by atoms with van der Waals surface area (Å²) in [5.74, 6) is -6.35. The lowest BCUT2D eigenvalue weighted by molar-refractivity contribution is -0.262. The second kappa shape index (κ2) is 8.03. The molecular weight excluding hydrogens is 410 g/mol. The summed E-state index contributed by atoms with van der Waals surface area (Å²) in [6.07, 6.45) is -4.89. The number of methoxy groups -OCH3 is 1. The molecule has 2 unspecified atom stereocenters. The van der Waals surface area contributed by atoms with Crippen molar-refractivity contribution in [1.29, 1.82) is 0 Å². The number of ether oxygens (including phenoxy) is 4. The van der Waals surface area contributed by atoms with Crippen LogP contribution in [0.2, 0.25) is 0 Å². The molecule has 0 saturated heterocycles. The van der Waals surface area contributed by atoms with Crippen molar-refractivity contribution in [2.45, 2.75) is 39.2 Å². The average Bonchev–Trinajstić information content (AvgIpc) is 2.89. The Balaban J connectivity index is 2.71. The first-order chi connectivity index (χ1) is 13.4. The Morgan fingerprint density at radius 2 is 1.93 bits per heavy atom. The van der Waals surface area contributed by atoms with E-state index >= 15 is 0 Å². The number of carbonyl (C=O) groups excluding carboxylic acids is 1. The lowest BCUT2D eigenvalue weighted by Gasteiger charge is -2.32. The van der Waals surface area contributed by atoms with Gasteiger partial charge in [-0.05, 0) is 26.0 Å². The summed E-state index contributed by atoms with van der Waals surface area (Å²) in [4.78, 5) is 12.3. The van der Waals surface area contributed by atoms with E-state index in [1.54, 1.807) is 0 Å². The molecule has 1 aromatic carbocycles. The zero-order valence-corrected chi connectivity index (χ0v) is 15.8. The van der Waals surface area contributed by atoms with E-state index in [-0.39, 0.29) is 17.7 Å². The Labute approximate surface area is 162 Å². The van der Waals surface area contributed by atoms with Crippen molar-refractivity contribution in [2.24, 2.45) is 5.92 Å². The third-order valence-electron chi connectivity index (χ3n) is 4.61. The maximum Gasteiger partial charge on any atom is 0.428 e. The van der Waals surface area contributed by atoms with Gasteiger partial charge in [-0.15, -0.1) is 0 Å². The van der Waals surface area contributed by atoms with E-state index in [0.29, 0.717) is 0 Å². The fraction of sp³-hybridized carbons (Fsp3) is 0.500. The average molecular weight is 428 g/mol. The highest BCUT2D eigenvalue weighted by molar-refractivity contribution is 5.98. The number of carbonyl (C=O) groups is 1. The van der Waals surface area contributed by atoms with E-state index in [4.69, 9.17) is 14.2 Å². The van der Waals surface area contributed by atoms with Gasteiger partial charge in [-0.2, -0.15) is 26.3 Å². The molecule has 2 atom stereocenters. The van der Waals surface area contributed by atoms with Gasteiger partial charge in [-0.3, -0.25) is 0 Å². The number of alkyl halides is 5. The van der Waals surface area contributed by atoms with E-state index < -0.39 is 53.4 Å². The molecule has 0 amide bonds. The largest absolute Gasteiger partial charge is 0.493 e. The fourth-order valence-electron chi connectivity index (χ4n) is 2.97. The minimum atomic E-state index is -4.89. The predicted molar refractivity (Wildman–Crippen MR) is 87.8 cm³/mol. The standard InChI is InChI=1S/C18H18F6O5/c1-5-27-15(25)14-11(8(2)17(3,29-14)18(22,23)24)9-6-7-10(28-16(20)21)12(19)13(9)26-4/h6-8,16H,5H2,1-4H3. The van der Waals surface area contributed by atoms with Crippen LogP contribution in [0.5, 0.6) is 11.5 Å². The second-order valence-electron chi connectivity index (χ2n) is 6.23. The van der Waals surface area contributed by atoms with Crippen molar-refractivity contribution in [1.82, 2.24) is 0 Å². The van der Waals surface area contributed by atoms with E-state index in [1.807, 2.05) is 0 Å². The summed E-state index contributed by atoms with van der Waals surface area (Å²) < 4.78 is 99.1. The topological polar surface area (TPSA) is 54.0 Å². The Morgan fingerprint density at radius 1 is 1.31 bits per heavy atom. The van der Waals surface area contributed by atoms with Crippen molar-refractivity contribution in [2.75, 3.05) is 13.7 Å². The van der Waals surface area contributed by atoms with Crippen LogP contribution in [-0.2, 0) is 14.3 Å². The first-order valence-corrected chi connectivity index (χ1v) is 8.37. The summed E-state index contributed by atoms with van der Waals surface area (Å²) in [5, 5.41) is 0. The van der Waals surface area contributed by atoms with Gasteiger partial charge in [-0.1, -0.05) is 6.92 Å². The Kier molecular flexibility index (Phi) is 6.29. The molecule has 1 aromatic rings. The van der Waals surface area contributed by atoms with Crippen LogP contribution in [0.25, 0.3) is 5.57 Å². The van der Waals surface area contributed by atoms with Crippen LogP contribution in [0, 0.1) is 11.7 Å². The molecule has 0 saturated carbocycles. The summed E-state index contributed by atoms with van der Waals surface area (Å²) in [7, 11) is 0.988. The smallest absolute Gasteiger partial charge is 0.428 e. The molecule has 0 aliphatic carbocycles. The number of esters is 1. The monoisotopic (exact) mass is 428 g/mol. The number of rotatable bonds is 6. The van der Waals surface area contributed by atoms with E-state index in [1.165, 1.54) is 6.92 Å². The molecule has 1 heterocycles. The summed E-state index contributed by atoms with van der Waals surface area (Å²) in [6, 6.07) is 1.81. The molecule has 29 heavy (non-hydrogen) atoms. The number of hydrogen-bond donors (Lipinski definition) is 0. The van der Waals surface area contributed by atoms with Crippen LogP contribution in [-0.4, -0.2) is 38.1 Å². The van der Waals surface area contributed by atoms with Gasteiger partial charge in [0.1, 0.15) is 0 Å². The molecule has 11 heteroatoms. The highest BCUT2D eigenvalue weighted by Crippen LogP contribution is 2.54. The molecule has 0 fully saturated rings. The van der Waals surface area contributed by atoms with Gasteiger partial charge < -0.3 is 18.9 Å². The maximum absolute atomic E-state index is 14.6. The quantitative estimate of drug-likeness (QED) is 0.486. The maximum atomic E-state index is 14.6. The minimum Gasteiger partial charge on any atom is -0.493 e. The molecule has 0 bridgehead atoms. The van der Waals surface area contributed by atoms with Crippen LogP contribution < -0.4 is 9.47 Å². The van der Waals surface area contributed by atoms with Crippen LogP contribution in [0.4, 0.5) is 26.3 Å². The van der Waals surface area contributed by atoms with Crippen molar-refractivity contribution >= 4 is 11.5 Å². The molecule has 1 aliphatic rings. The van der Waals surface area contributed by atoms with Gasteiger partial charge in [0, 0.05) is 17.1 Å². The first kappa shape index (κ1) is 22.7. The third-order valence-corrected chi connectivity index (χ3v) is 4.61. The molecule has 0 spiro atoms. The number of hydrogen-bond acceptors (Lipinski definition) is 5. The Morgan fingerprint density at radius 3 is 2.41 bits per heavy atom. The first-order valence-electron chi connectivity index (χ1n) is 8.37. The lowest BCUT2D eigenvalue weighted by atomic mass is 9.82. The summed E-state index contributed by atoms with van der Waals surface area (Å²) >= 11 is 0. The van der Waals surface area contributed by atoms with Crippen molar-refractivity contribution in [3.63, 3.8) is 0 Å². The lowest BCUT2D eigenvalue weighted by Crippen LogP contribution is -2.47. The minimum absolute atomic E-state index is 0.150.